The van der Waals surface area contributed by atoms with Crippen molar-refractivity contribution in [3.63, 3.8) is 0 Å². The van der Waals surface area contributed by atoms with Crippen molar-refractivity contribution in [2.24, 2.45) is 0 Å². The van der Waals surface area contributed by atoms with Crippen molar-refractivity contribution in [3.05, 3.63) is 34.3 Å². The van der Waals surface area contributed by atoms with E-state index in [1.54, 1.807) is 0 Å². The third-order valence-electron chi connectivity index (χ3n) is 3.27. The Balaban J connectivity index is 2.59. The maximum Gasteiger partial charge on any atom is 0.237 e. The van der Waals surface area contributed by atoms with Crippen LogP contribution in [0, 0.1) is 0 Å². The molecular weight excluding hydrogens is 304 g/mol. The minimum absolute atomic E-state index is 0.0493. The van der Waals surface area contributed by atoms with Crippen molar-refractivity contribution >= 4 is 21.8 Å². The van der Waals surface area contributed by atoms with Crippen LogP contribution in [0.3, 0.4) is 0 Å². The van der Waals surface area contributed by atoms with Crippen LogP contribution >= 0.6 is 15.9 Å². The van der Waals surface area contributed by atoms with Gasteiger partial charge in [-0.3, -0.25) is 10.1 Å². The number of halogens is 1. The van der Waals surface area contributed by atoms with Crippen LogP contribution in [-0.4, -0.2) is 18.0 Å². The van der Waals surface area contributed by atoms with Gasteiger partial charge in [-0.2, -0.15) is 0 Å². The van der Waals surface area contributed by atoms with Crippen molar-refractivity contribution in [1.29, 1.82) is 0 Å². The van der Waals surface area contributed by atoms with E-state index in [4.69, 9.17) is 0 Å². The zero-order valence-corrected chi connectivity index (χ0v) is 13.6. The van der Waals surface area contributed by atoms with Crippen molar-refractivity contribution in [2.75, 3.05) is 0 Å². The van der Waals surface area contributed by atoms with E-state index in [2.05, 4.69) is 46.5 Å². The minimum atomic E-state index is -0.212. The van der Waals surface area contributed by atoms with Gasteiger partial charge in [-0.15, -0.1) is 0 Å². The predicted molar refractivity (Wildman–Crippen MR) is 83.1 cm³/mol. The second kappa shape index (κ2) is 7.65. The molecule has 0 aliphatic rings. The molecule has 106 valence electrons. The molecule has 0 spiro atoms. The fourth-order valence-electron chi connectivity index (χ4n) is 1.84. The molecule has 0 saturated heterocycles. The van der Waals surface area contributed by atoms with E-state index in [0.29, 0.717) is 0 Å². The summed E-state index contributed by atoms with van der Waals surface area (Å²) in [5, 5.41) is 6.31. The summed E-state index contributed by atoms with van der Waals surface area (Å²) in [7, 11) is 0. The van der Waals surface area contributed by atoms with Crippen LogP contribution in [0.5, 0.6) is 0 Å². The summed E-state index contributed by atoms with van der Waals surface area (Å²) in [6.45, 7) is 8.03. The highest BCUT2D eigenvalue weighted by Crippen LogP contribution is 2.22. The van der Waals surface area contributed by atoms with Gasteiger partial charge in [-0.1, -0.05) is 41.1 Å². The van der Waals surface area contributed by atoms with Gasteiger partial charge >= 0.3 is 0 Å². The summed E-state index contributed by atoms with van der Waals surface area (Å²) in [6, 6.07) is 8.18. The summed E-state index contributed by atoms with van der Waals surface area (Å²) < 4.78 is 1.06. The Kier molecular flexibility index (Phi) is 6.52. The van der Waals surface area contributed by atoms with Gasteiger partial charge in [0.15, 0.2) is 0 Å². The van der Waals surface area contributed by atoms with Gasteiger partial charge in [0.05, 0.1) is 6.04 Å². The van der Waals surface area contributed by atoms with Crippen molar-refractivity contribution < 1.29 is 4.79 Å². The van der Waals surface area contributed by atoms with E-state index < -0.39 is 0 Å². The molecule has 0 aromatic heterocycles. The van der Waals surface area contributed by atoms with Crippen LogP contribution in [0.15, 0.2) is 28.7 Å². The number of rotatable bonds is 6. The SMILES string of the molecule is CCC(C)NC(=O)C(C)N[C@H](C)c1ccccc1Br. The molecule has 19 heavy (non-hydrogen) atoms. The number of carbonyl (C=O) groups excluding carboxylic acids is 1. The molecule has 3 nitrogen and oxygen atoms in total. The van der Waals surface area contributed by atoms with Gasteiger partial charge < -0.3 is 5.32 Å². The first-order chi connectivity index (χ1) is 8.95. The zero-order chi connectivity index (χ0) is 14.4. The molecule has 4 heteroatoms. The number of hydrogen-bond donors (Lipinski definition) is 2. The van der Waals surface area contributed by atoms with Gasteiger partial charge in [-0.05, 0) is 38.8 Å². The molecule has 1 amide bonds. The lowest BCUT2D eigenvalue weighted by molar-refractivity contribution is -0.123. The maximum atomic E-state index is 12.0. The number of nitrogens with one attached hydrogen (secondary N) is 2. The first-order valence-corrected chi connectivity index (χ1v) is 7.55. The van der Waals surface area contributed by atoms with Crippen LogP contribution in [0.2, 0.25) is 0 Å². The van der Waals surface area contributed by atoms with Crippen molar-refractivity contribution in [2.45, 2.75) is 52.2 Å². The zero-order valence-electron chi connectivity index (χ0n) is 12.0. The predicted octanol–water partition coefficient (Wildman–Crippen LogP) is 3.40. The van der Waals surface area contributed by atoms with E-state index >= 15 is 0 Å². The Morgan fingerprint density at radius 3 is 2.47 bits per heavy atom. The van der Waals surface area contributed by atoms with E-state index in [-0.39, 0.29) is 24.0 Å². The lowest BCUT2D eigenvalue weighted by Gasteiger charge is -2.22. The molecule has 0 fully saturated rings. The summed E-state index contributed by atoms with van der Waals surface area (Å²) in [4.78, 5) is 12.0. The van der Waals surface area contributed by atoms with Crippen LogP contribution in [0.4, 0.5) is 0 Å². The van der Waals surface area contributed by atoms with Crippen LogP contribution in [-0.2, 0) is 4.79 Å². The van der Waals surface area contributed by atoms with Gasteiger partial charge in [0.2, 0.25) is 5.91 Å². The minimum Gasteiger partial charge on any atom is -0.352 e. The molecule has 0 aliphatic carbocycles. The highest BCUT2D eigenvalue weighted by molar-refractivity contribution is 9.10. The molecule has 0 aliphatic heterocycles. The summed E-state index contributed by atoms with van der Waals surface area (Å²) in [6.07, 6.45) is 0.943. The average molecular weight is 327 g/mol. The van der Waals surface area contributed by atoms with E-state index in [1.807, 2.05) is 32.0 Å². The van der Waals surface area contributed by atoms with E-state index in [1.165, 1.54) is 0 Å². The molecule has 1 aromatic rings. The first-order valence-electron chi connectivity index (χ1n) is 6.76. The molecule has 2 unspecified atom stereocenters. The maximum absolute atomic E-state index is 12.0. The van der Waals surface area contributed by atoms with Crippen molar-refractivity contribution in [1.82, 2.24) is 10.6 Å². The molecule has 0 bridgehead atoms. The number of amides is 1. The van der Waals surface area contributed by atoms with E-state index in [0.717, 1.165) is 16.5 Å². The third-order valence-corrected chi connectivity index (χ3v) is 3.99. The van der Waals surface area contributed by atoms with Gasteiger partial charge in [0.1, 0.15) is 0 Å². The average Bonchev–Trinajstić information content (AvgIpc) is 2.38. The molecule has 1 rings (SSSR count). The third kappa shape index (κ3) is 4.96. The quantitative estimate of drug-likeness (QED) is 0.841. The highest BCUT2D eigenvalue weighted by Gasteiger charge is 2.18. The Morgan fingerprint density at radius 2 is 1.89 bits per heavy atom. The monoisotopic (exact) mass is 326 g/mol. The normalized spacial score (nSPS) is 15.6. The number of benzene rings is 1. The van der Waals surface area contributed by atoms with Crippen LogP contribution < -0.4 is 10.6 Å². The van der Waals surface area contributed by atoms with Crippen LogP contribution in [0.25, 0.3) is 0 Å². The van der Waals surface area contributed by atoms with Gasteiger partial charge in [-0.25, -0.2) is 0 Å². The van der Waals surface area contributed by atoms with Crippen molar-refractivity contribution in [3.8, 4) is 0 Å². The Labute approximate surface area is 124 Å². The smallest absolute Gasteiger partial charge is 0.237 e. The molecule has 1 aromatic carbocycles. The fourth-order valence-corrected chi connectivity index (χ4v) is 2.46. The van der Waals surface area contributed by atoms with Gasteiger partial charge in [0, 0.05) is 16.6 Å². The molecule has 0 radical (unpaired) electrons. The molecule has 3 atom stereocenters. The standard InChI is InChI=1S/C15H23BrN2O/c1-5-10(2)17-15(19)12(4)18-11(3)13-8-6-7-9-14(13)16/h6-12,18H,5H2,1-4H3,(H,17,19)/t10?,11-,12?/m1/s1. The first kappa shape index (κ1) is 16.2. The molecule has 0 saturated carbocycles. The largest absolute Gasteiger partial charge is 0.352 e. The summed E-state index contributed by atoms with van der Waals surface area (Å²) >= 11 is 3.53. The molecular formula is C15H23BrN2O. The summed E-state index contributed by atoms with van der Waals surface area (Å²) in [5.74, 6) is 0.0493. The molecule has 0 heterocycles. The lowest BCUT2D eigenvalue weighted by atomic mass is 10.1. The topological polar surface area (TPSA) is 41.1 Å². The van der Waals surface area contributed by atoms with Crippen LogP contribution in [0.1, 0.15) is 45.7 Å². The number of carbonyl (C=O) groups is 1. The van der Waals surface area contributed by atoms with Gasteiger partial charge in [0.25, 0.3) is 0 Å². The second-order valence-corrected chi connectivity index (χ2v) is 5.80. The second-order valence-electron chi connectivity index (χ2n) is 4.95. The molecule has 2 N–H and O–H groups in total. The Morgan fingerprint density at radius 1 is 1.26 bits per heavy atom. The fraction of sp³-hybridized carbons (Fsp3) is 0.533. The number of hydrogen-bond acceptors (Lipinski definition) is 2. The Bertz CT molecular complexity index is 422. The Hall–Kier alpha value is -0.870. The summed E-state index contributed by atoms with van der Waals surface area (Å²) in [5.41, 5.74) is 1.16. The lowest BCUT2D eigenvalue weighted by Crippen LogP contribution is -2.46. The van der Waals surface area contributed by atoms with E-state index in [9.17, 15) is 4.79 Å². The highest BCUT2D eigenvalue weighted by atomic mass is 79.9.